The minimum Gasteiger partial charge on any atom is -0.345 e. The summed E-state index contributed by atoms with van der Waals surface area (Å²) in [5.74, 6) is 0.221. The van der Waals surface area contributed by atoms with Crippen molar-refractivity contribution in [3.8, 4) is 0 Å². The van der Waals surface area contributed by atoms with E-state index in [4.69, 9.17) is 0 Å². The van der Waals surface area contributed by atoms with Crippen LogP contribution >= 0.6 is 11.3 Å². The Morgan fingerprint density at radius 1 is 1.37 bits per heavy atom. The molecule has 0 aliphatic rings. The lowest BCUT2D eigenvalue weighted by Gasteiger charge is -2.01. The summed E-state index contributed by atoms with van der Waals surface area (Å²) in [6.45, 7) is 0.182. The zero-order valence-electron chi connectivity index (χ0n) is 9.77. The molecule has 0 atom stereocenters. The Labute approximate surface area is 111 Å². The number of rotatable bonds is 3. The van der Waals surface area contributed by atoms with Gasteiger partial charge >= 0.3 is 5.69 Å². The van der Waals surface area contributed by atoms with Gasteiger partial charge in [-0.15, -0.1) is 11.3 Å². The van der Waals surface area contributed by atoms with Gasteiger partial charge in [-0.1, -0.05) is 18.2 Å². The molecule has 0 saturated carbocycles. The van der Waals surface area contributed by atoms with Crippen LogP contribution in [0.3, 0.4) is 0 Å². The van der Waals surface area contributed by atoms with Crippen molar-refractivity contribution in [2.75, 3.05) is 0 Å². The van der Waals surface area contributed by atoms with E-state index in [9.17, 15) is 9.59 Å². The number of aromatic nitrogens is 3. The minimum absolute atomic E-state index is 0.179. The van der Waals surface area contributed by atoms with Gasteiger partial charge in [-0.3, -0.25) is 9.78 Å². The molecule has 7 heteroatoms. The number of benzene rings is 1. The van der Waals surface area contributed by atoms with E-state index < -0.39 is 0 Å². The molecule has 0 fully saturated rings. The topological polar surface area (TPSA) is 90.6 Å². The lowest BCUT2D eigenvalue weighted by Crippen LogP contribution is -2.23. The van der Waals surface area contributed by atoms with Crippen LogP contribution in [-0.2, 0) is 6.54 Å². The van der Waals surface area contributed by atoms with Crippen molar-refractivity contribution in [2.45, 2.75) is 6.54 Å². The lowest BCUT2D eigenvalue weighted by molar-refractivity contribution is 0.0952. The van der Waals surface area contributed by atoms with Gasteiger partial charge in [0.15, 0.2) is 0 Å². The molecule has 3 N–H and O–H groups in total. The maximum Gasteiger partial charge on any atom is 0.340 e. The van der Waals surface area contributed by atoms with Crippen molar-refractivity contribution in [1.29, 1.82) is 0 Å². The Balaban J connectivity index is 1.78. The van der Waals surface area contributed by atoms with E-state index in [0.717, 1.165) is 10.1 Å². The summed E-state index contributed by atoms with van der Waals surface area (Å²) in [6, 6.07) is 7.73. The van der Waals surface area contributed by atoms with Crippen LogP contribution in [0, 0.1) is 0 Å². The van der Waals surface area contributed by atoms with E-state index in [1.165, 1.54) is 11.3 Å². The Morgan fingerprint density at radius 2 is 2.21 bits per heavy atom. The van der Waals surface area contributed by atoms with Crippen LogP contribution in [0.25, 0.3) is 10.1 Å². The van der Waals surface area contributed by atoms with E-state index in [-0.39, 0.29) is 18.1 Å². The molecule has 2 heterocycles. The summed E-state index contributed by atoms with van der Waals surface area (Å²) in [7, 11) is 0. The first-order valence-corrected chi connectivity index (χ1v) is 6.50. The van der Waals surface area contributed by atoms with Crippen molar-refractivity contribution in [2.24, 2.45) is 0 Å². The molecule has 0 bridgehead atoms. The number of amides is 1. The number of nitrogens with zero attached hydrogens (tertiary/aromatic N) is 1. The Hall–Kier alpha value is -2.41. The second-order valence-electron chi connectivity index (χ2n) is 3.95. The van der Waals surface area contributed by atoms with Crippen LogP contribution in [0.4, 0.5) is 0 Å². The van der Waals surface area contributed by atoms with Crippen LogP contribution in [-0.4, -0.2) is 21.1 Å². The molecule has 0 aliphatic carbocycles. The number of fused-ring (bicyclic) bond motifs is 1. The number of H-pyrrole nitrogens is 2. The fourth-order valence-corrected chi connectivity index (χ4v) is 2.74. The predicted octanol–water partition coefficient (Wildman–Crippen LogP) is 1.24. The van der Waals surface area contributed by atoms with E-state index in [1.807, 2.05) is 29.6 Å². The number of thiophene rings is 1. The van der Waals surface area contributed by atoms with Gasteiger partial charge in [0.2, 0.25) is 0 Å². The van der Waals surface area contributed by atoms with Crippen LogP contribution in [0.2, 0.25) is 0 Å². The number of nitrogens with one attached hydrogen (secondary N) is 3. The lowest BCUT2D eigenvalue weighted by atomic mass is 10.1. The highest BCUT2D eigenvalue weighted by atomic mass is 32.1. The molecular weight excluding hydrogens is 264 g/mol. The number of carbonyl (C=O) groups is 1. The van der Waals surface area contributed by atoms with Gasteiger partial charge in [-0.05, 0) is 6.07 Å². The Morgan fingerprint density at radius 3 is 3.00 bits per heavy atom. The summed E-state index contributed by atoms with van der Waals surface area (Å²) >= 11 is 1.53. The number of hydrogen-bond acceptors (Lipinski definition) is 4. The fourth-order valence-electron chi connectivity index (χ4n) is 1.80. The molecule has 3 rings (SSSR count). The average molecular weight is 274 g/mol. The first-order valence-electron chi connectivity index (χ1n) is 5.62. The molecule has 19 heavy (non-hydrogen) atoms. The molecule has 96 valence electrons. The fraction of sp³-hybridized carbons (Fsp3) is 0.0833. The first kappa shape index (κ1) is 11.7. The normalized spacial score (nSPS) is 10.7. The summed E-state index contributed by atoms with van der Waals surface area (Å²) in [4.78, 5) is 25.4. The highest BCUT2D eigenvalue weighted by molar-refractivity contribution is 7.17. The Bertz CT molecular complexity index is 786. The molecular formula is C12H10N4O2S. The second kappa shape index (κ2) is 4.69. The zero-order valence-corrected chi connectivity index (χ0v) is 10.6. The van der Waals surface area contributed by atoms with Crippen molar-refractivity contribution in [3.63, 3.8) is 0 Å². The largest absolute Gasteiger partial charge is 0.345 e. The second-order valence-corrected chi connectivity index (χ2v) is 4.86. The van der Waals surface area contributed by atoms with Gasteiger partial charge in [-0.2, -0.15) is 5.10 Å². The molecule has 0 aliphatic heterocycles. The minimum atomic E-state index is -0.384. The van der Waals surface area contributed by atoms with Gasteiger partial charge in [0.1, 0.15) is 5.82 Å². The summed E-state index contributed by atoms with van der Waals surface area (Å²) in [6.07, 6.45) is 0. The molecule has 3 aromatic rings. The van der Waals surface area contributed by atoms with Gasteiger partial charge in [0, 0.05) is 15.5 Å². The van der Waals surface area contributed by atoms with E-state index in [1.54, 1.807) is 0 Å². The van der Waals surface area contributed by atoms with Crippen LogP contribution < -0.4 is 11.0 Å². The first-order chi connectivity index (χ1) is 9.24. The van der Waals surface area contributed by atoms with E-state index in [2.05, 4.69) is 20.5 Å². The van der Waals surface area contributed by atoms with E-state index in [0.29, 0.717) is 11.4 Å². The highest BCUT2D eigenvalue weighted by Crippen LogP contribution is 2.25. The van der Waals surface area contributed by atoms with Crippen LogP contribution in [0.5, 0.6) is 0 Å². The summed E-state index contributed by atoms with van der Waals surface area (Å²) in [5.41, 5.74) is 0.253. The maximum atomic E-state index is 12.1. The SMILES string of the molecule is O=C(NCc1n[nH]c(=O)[nH]1)c1csc2ccccc12. The van der Waals surface area contributed by atoms with Crippen molar-refractivity contribution in [1.82, 2.24) is 20.5 Å². The average Bonchev–Trinajstić information content (AvgIpc) is 3.02. The smallest absolute Gasteiger partial charge is 0.340 e. The van der Waals surface area contributed by atoms with Gasteiger partial charge in [0.25, 0.3) is 5.91 Å². The summed E-state index contributed by atoms with van der Waals surface area (Å²) in [5, 5.41) is 11.5. The van der Waals surface area contributed by atoms with Crippen molar-refractivity contribution in [3.05, 3.63) is 51.5 Å². The number of hydrogen-bond donors (Lipinski definition) is 3. The maximum absolute atomic E-state index is 12.1. The summed E-state index contributed by atoms with van der Waals surface area (Å²) < 4.78 is 1.07. The van der Waals surface area contributed by atoms with Gasteiger partial charge in [-0.25, -0.2) is 9.89 Å². The zero-order chi connectivity index (χ0) is 13.2. The number of aromatic amines is 2. The van der Waals surface area contributed by atoms with E-state index >= 15 is 0 Å². The molecule has 0 spiro atoms. The number of carbonyl (C=O) groups excluding carboxylic acids is 1. The van der Waals surface area contributed by atoms with Crippen molar-refractivity contribution < 1.29 is 4.79 Å². The standard InChI is InChI=1S/C12H10N4O2S/c17-11(13-5-10-14-12(18)16-15-10)8-6-19-9-4-2-1-3-7(8)9/h1-4,6H,5H2,(H,13,17)(H2,14,15,16,18). The molecule has 2 aromatic heterocycles. The van der Waals surface area contributed by atoms with Crippen molar-refractivity contribution >= 4 is 27.3 Å². The molecule has 0 radical (unpaired) electrons. The Kier molecular flexibility index (Phi) is 2.88. The predicted molar refractivity (Wildman–Crippen MR) is 72.2 cm³/mol. The molecule has 1 amide bonds. The molecule has 0 unspecified atom stereocenters. The van der Waals surface area contributed by atoms with Gasteiger partial charge < -0.3 is 5.32 Å². The molecule has 1 aromatic carbocycles. The third-order valence-corrected chi connectivity index (χ3v) is 3.66. The quantitative estimate of drug-likeness (QED) is 0.671. The monoisotopic (exact) mass is 274 g/mol. The third-order valence-electron chi connectivity index (χ3n) is 2.69. The van der Waals surface area contributed by atoms with Crippen LogP contribution in [0.1, 0.15) is 16.2 Å². The third kappa shape index (κ3) is 2.27. The molecule has 6 nitrogen and oxygen atoms in total. The highest BCUT2D eigenvalue weighted by Gasteiger charge is 2.11. The van der Waals surface area contributed by atoms with Gasteiger partial charge in [0.05, 0.1) is 12.1 Å². The van der Waals surface area contributed by atoms with Crippen LogP contribution in [0.15, 0.2) is 34.4 Å². The molecule has 0 saturated heterocycles.